The van der Waals surface area contributed by atoms with Crippen LogP contribution >= 0.6 is 0 Å². The minimum Gasteiger partial charge on any atom is -0.384 e. The number of hydrogen-bond donors (Lipinski definition) is 0. The van der Waals surface area contributed by atoms with Gasteiger partial charge in [0.15, 0.2) is 0 Å². The lowest BCUT2D eigenvalue weighted by Gasteiger charge is -2.19. The van der Waals surface area contributed by atoms with E-state index >= 15 is 0 Å². The van der Waals surface area contributed by atoms with Crippen LogP contribution in [0.3, 0.4) is 0 Å². The van der Waals surface area contributed by atoms with Crippen LogP contribution < -0.4 is 5.32 Å². The first-order valence-corrected chi connectivity index (χ1v) is 3.39. The summed E-state index contributed by atoms with van der Waals surface area (Å²) in [6, 6.07) is 0. The summed E-state index contributed by atoms with van der Waals surface area (Å²) >= 11 is 0. The highest BCUT2D eigenvalue weighted by Crippen LogP contribution is 2.13. The molecule has 1 fully saturated rings. The molecule has 1 rings (SSSR count). The number of hydrogen-bond acceptors (Lipinski definition) is 1. The van der Waals surface area contributed by atoms with E-state index in [4.69, 9.17) is 4.74 Å². The molecule has 0 saturated carbocycles. The predicted molar refractivity (Wildman–Crippen MR) is 36.2 cm³/mol. The molecule has 1 heterocycles. The highest BCUT2D eigenvalue weighted by molar-refractivity contribution is 4.93. The zero-order valence-corrected chi connectivity index (χ0v) is 5.89. The molecule has 2 radical (unpaired) electrons. The average Bonchev–Trinajstić information content (AvgIpc) is 1.91. The van der Waals surface area contributed by atoms with E-state index in [2.05, 4.69) is 5.32 Å². The molecule has 0 aliphatic carbocycles. The molecular weight excluding hydrogens is 114 g/mol. The van der Waals surface area contributed by atoms with Crippen LogP contribution in [0.2, 0.25) is 0 Å². The summed E-state index contributed by atoms with van der Waals surface area (Å²) in [6.45, 7) is 2.87. The van der Waals surface area contributed by atoms with Crippen LogP contribution in [-0.2, 0) is 4.74 Å². The van der Waals surface area contributed by atoms with Gasteiger partial charge in [0.2, 0.25) is 0 Å². The number of methoxy groups -OCH3 is 1. The summed E-state index contributed by atoms with van der Waals surface area (Å²) in [4.78, 5) is 0. The fourth-order valence-corrected chi connectivity index (χ4v) is 1.06. The highest BCUT2D eigenvalue weighted by Gasteiger charge is 2.12. The Hall–Kier alpha value is -0.0800. The summed E-state index contributed by atoms with van der Waals surface area (Å²) in [7, 11) is 1.75. The van der Waals surface area contributed by atoms with Gasteiger partial charge in [-0.2, -0.15) is 0 Å². The second kappa shape index (κ2) is 3.85. The van der Waals surface area contributed by atoms with Gasteiger partial charge < -0.3 is 4.74 Å². The molecule has 2 heteroatoms. The van der Waals surface area contributed by atoms with Gasteiger partial charge in [0.1, 0.15) is 0 Å². The molecule has 1 aliphatic rings. The molecule has 0 spiro atoms. The van der Waals surface area contributed by atoms with Crippen LogP contribution in [0.5, 0.6) is 0 Å². The maximum Gasteiger partial charge on any atom is 0.0525 e. The molecule has 0 bridgehead atoms. The molecule has 0 amide bonds. The molecule has 0 N–H and O–H groups in total. The van der Waals surface area contributed by atoms with Crippen LogP contribution in [0.25, 0.3) is 0 Å². The van der Waals surface area contributed by atoms with Gasteiger partial charge in [-0.15, -0.1) is 0 Å². The van der Waals surface area contributed by atoms with Gasteiger partial charge in [0, 0.05) is 26.1 Å². The van der Waals surface area contributed by atoms with Crippen molar-refractivity contribution in [2.75, 3.05) is 26.8 Å². The lowest BCUT2D eigenvalue weighted by molar-refractivity contribution is 0.197. The molecule has 0 aromatic heterocycles. The van der Waals surface area contributed by atoms with Crippen LogP contribution in [0.15, 0.2) is 0 Å². The molecule has 0 aromatic rings. The summed E-state index contributed by atoms with van der Waals surface area (Å²) in [5.41, 5.74) is 0. The summed E-state index contributed by atoms with van der Waals surface area (Å²) in [5, 5.41) is 4.23. The van der Waals surface area contributed by atoms with Gasteiger partial charge in [0.25, 0.3) is 0 Å². The third-order valence-corrected chi connectivity index (χ3v) is 1.60. The molecular formula is C7H13NO. The van der Waals surface area contributed by atoms with E-state index in [0.29, 0.717) is 0 Å². The largest absolute Gasteiger partial charge is 0.384 e. The fourth-order valence-electron chi connectivity index (χ4n) is 1.06. The van der Waals surface area contributed by atoms with E-state index in [9.17, 15) is 0 Å². The van der Waals surface area contributed by atoms with Crippen molar-refractivity contribution in [3.8, 4) is 0 Å². The van der Waals surface area contributed by atoms with Crippen LogP contribution in [0.1, 0.15) is 12.8 Å². The van der Waals surface area contributed by atoms with Gasteiger partial charge in [-0.25, -0.2) is 5.32 Å². The van der Waals surface area contributed by atoms with Crippen LogP contribution in [0, 0.1) is 5.92 Å². The first-order chi connectivity index (χ1) is 4.43. The van der Waals surface area contributed by atoms with Crippen LogP contribution in [0.4, 0.5) is 0 Å². The number of ether oxygens (including phenoxy) is 1. The Balaban J connectivity index is 2.08. The minimum absolute atomic E-state index is 0.843. The lowest BCUT2D eigenvalue weighted by atomic mass is 10.00. The van der Waals surface area contributed by atoms with Crippen molar-refractivity contribution in [2.24, 2.45) is 0 Å². The first kappa shape index (κ1) is 7.03. The van der Waals surface area contributed by atoms with Crippen molar-refractivity contribution in [2.45, 2.75) is 12.8 Å². The summed E-state index contributed by atoms with van der Waals surface area (Å²) in [5.74, 6) is 1.52. The molecule has 1 aliphatic heterocycles. The van der Waals surface area contributed by atoms with E-state index in [0.717, 1.165) is 32.5 Å². The van der Waals surface area contributed by atoms with E-state index < -0.39 is 0 Å². The van der Waals surface area contributed by atoms with Crippen molar-refractivity contribution >= 4 is 0 Å². The molecule has 52 valence electrons. The molecule has 0 aromatic carbocycles. The second-order valence-electron chi connectivity index (χ2n) is 2.35. The van der Waals surface area contributed by atoms with E-state index in [1.54, 1.807) is 7.11 Å². The standard InChI is InChI=1S/C7H13NO/c1-9-6-7-2-4-8-5-3-7/h2-6H2,1H3. The minimum atomic E-state index is 0.843. The van der Waals surface area contributed by atoms with E-state index in [1.807, 2.05) is 0 Å². The Kier molecular flexibility index (Phi) is 3.01. The zero-order chi connectivity index (χ0) is 6.53. The topological polar surface area (TPSA) is 23.3 Å². The van der Waals surface area contributed by atoms with Crippen molar-refractivity contribution in [3.63, 3.8) is 0 Å². The average molecular weight is 127 g/mol. The van der Waals surface area contributed by atoms with Gasteiger partial charge in [-0.1, -0.05) is 0 Å². The Labute approximate surface area is 56.6 Å². The maximum absolute atomic E-state index is 5.00. The fraction of sp³-hybridized carbons (Fsp3) is 0.857. The number of nitrogens with zero attached hydrogens (tertiary/aromatic N) is 1. The third-order valence-electron chi connectivity index (χ3n) is 1.60. The predicted octanol–water partition coefficient (Wildman–Crippen LogP) is 0.605. The Bertz CT molecular complexity index is 66.6. The van der Waals surface area contributed by atoms with Gasteiger partial charge in [-0.3, -0.25) is 0 Å². The van der Waals surface area contributed by atoms with E-state index in [1.165, 1.54) is 5.92 Å². The van der Waals surface area contributed by atoms with Crippen molar-refractivity contribution < 1.29 is 4.74 Å². The zero-order valence-electron chi connectivity index (χ0n) is 5.89. The first-order valence-electron chi connectivity index (χ1n) is 3.39. The summed E-state index contributed by atoms with van der Waals surface area (Å²) in [6.07, 6.45) is 2.29. The SMILES string of the molecule is COC[C]1CC[N]CC1. The van der Waals surface area contributed by atoms with Crippen molar-refractivity contribution in [3.05, 3.63) is 5.92 Å². The monoisotopic (exact) mass is 127 g/mol. The molecule has 2 nitrogen and oxygen atoms in total. The molecule has 0 unspecified atom stereocenters. The smallest absolute Gasteiger partial charge is 0.0525 e. The number of rotatable bonds is 2. The lowest BCUT2D eigenvalue weighted by Crippen LogP contribution is -2.23. The van der Waals surface area contributed by atoms with Gasteiger partial charge in [-0.05, 0) is 12.8 Å². The van der Waals surface area contributed by atoms with E-state index in [-0.39, 0.29) is 0 Å². The quantitative estimate of drug-likeness (QED) is 0.533. The Morgan fingerprint density at radius 3 is 2.67 bits per heavy atom. The molecule has 0 atom stereocenters. The Morgan fingerprint density at radius 1 is 1.44 bits per heavy atom. The van der Waals surface area contributed by atoms with Crippen molar-refractivity contribution in [1.29, 1.82) is 0 Å². The molecule has 1 saturated heterocycles. The Morgan fingerprint density at radius 2 is 2.11 bits per heavy atom. The second-order valence-corrected chi connectivity index (χ2v) is 2.35. The van der Waals surface area contributed by atoms with Gasteiger partial charge in [0.05, 0.1) is 6.61 Å². The van der Waals surface area contributed by atoms with Gasteiger partial charge >= 0.3 is 0 Å². The molecule has 9 heavy (non-hydrogen) atoms. The third kappa shape index (κ3) is 2.33. The summed E-state index contributed by atoms with van der Waals surface area (Å²) < 4.78 is 5.00. The van der Waals surface area contributed by atoms with Crippen LogP contribution in [-0.4, -0.2) is 26.8 Å². The normalized spacial score (nSPS) is 22.3. The maximum atomic E-state index is 5.00. The van der Waals surface area contributed by atoms with Crippen molar-refractivity contribution in [1.82, 2.24) is 5.32 Å². The number of piperidine rings is 1. The highest BCUT2D eigenvalue weighted by atomic mass is 16.5.